The van der Waals surface area contributed by atoms with Crippen molar-refractivity contribution in [2.45, 2.75) is 19.9 Å². The molecule has 1 fully saturated rings. The second-order valence-corrected chi connectivity index (χ2v) is 9.03. The topological polar surface area (TPSA) is 46.6 Å². The van der Waals surface area contributed by atoms with Crippen LogP contribution < -0.4 is 4.74 Å². The Morgan fingerprint density at radius 2 is 1.93 bits per heavy atom. The summed E-state index contributed by atoms with van der Waals surface area (Å²) < 4.78 is 7.57. The van der Waals surface area contributed by atoms with Crippen LogP contribution in [-0.4, -0.2) is 22.7 Å². The van der Waals surface area contributed by atoms with Crippen molar-refractivity contribution in [3.63, 3.8) is 0 Å². The zero-order valence-corrected chi connectivity index (χ0v) is 19.1. The maximum absolute atomic E-state index is 12.7. The number of carbonyl (C=O) groups excluding carboxylic acids is 2. The first-order chi connectivity index (χ1) is 13.0. The first-order valence-electron chi connectivity index (χ1n) is 8.40. The van der Waals surface area contributed by atoms with Crippen molar-refractivity contribution in [3.8, 4) is 5.75 Å². The van der Waals surface area contributed by atoms with Gasteiger partial charge in [-0.3, -0.25) is 14.5 Å². The van der Waals surface area contributed by atoms with Gasteiger partial charge in [-0.25, -0.2) is 0 Å². The molecule has 140 valence electrons. The van der Waals surface area contributed by atoms with E-state index in [4.69, 9.17) is 4.74 Å². The van der Waals surface area contributed by atoms with Crippen molar-refractivity contribution in [1.82, 2.24) is 4.90 Å². The van der Waals surface area contributed by atoms with Gasteiger partial charge in [-0.2, -0.15) is 0 Å². The number of nitrogens with zero attached hydrogens (tertiary/aromatic N) is 1. The van der Waals surface area contributed by atoms with Crippen LogP contribution in [0.3, 0.4) is 0 Å². The van der Waals surface area contributed by atoms with E-state index in [-0.39, 0.29) is 17.7 Å². The lowest BCUT2D eigenvalue weighted by atomic mass is 10.2. The number of hydrogen-bond donors (Lipinski definition) is 0. The molecule has 0 radical (unpaired) electrons. The maximum Gasteiger partial charge on any atom is 0.293 e. The van der Waals surface area contributed by atoms with E-state index >= 15 is 0 Å². The van der Waals surface area contributed by atoms with Crippen LogP contribution in [0.5, 0.6) is 5.75 Å². The van der Waals surface area contributed by atoms with Gasteiger partial charge in [0.05, 0.1) is 22.5 Å². The molecule has 1 aliphatic heterocycles. The van der Waals surface area contributed by atoms with Gasteiger partial charge in [0.15, 0.2) is 0 Å². The van der Waals surface area contributed by atoms with E-state index in [2.05, 4.69) is 45.4 Å². The number of benzene rings is 2. The molecule has 2 amide bonds. The van der Waals surface area contributed by atoms with E-state index in [1.165, 1.54) is 4.90 Å². The van der Waals surface area contributed by atoms with E-state index in [0.717, 1.165) is 43.1 Å². The molecule has 2 aromatic carbocycles. The molecule has 2 aromatic rings. The third-order valence-corrected chi connectivity index (χ3v) is 6.09. The fraction of sp³-hybridized carbons (Fsp3) is 0.200. The summed E-state index contributed by atoms with van der Waals surface area (Å²) in [5.41, 5.74) is 1.77. The highest BCUT2D eigenvalue weighted by molar-refractivity contribution is 14.1. The number of amides is 2. The first kappa shape index (κ1) is 20.4. The third kappa shape index (κ3) is 5.14. The summed E-state index contributed by atoms with van der Waals surface area (Å²) in [7, 11) is 0. The van der Waals surface area contributed by atoms with Gasteiger partial charge in [0.2, 0.25) is 0 Å². The summed E-state index contributed by atoms with van der Waals surface area (Å²) in [6, 6.07) is 13.4. The summed E-state index contributed by atoms with van der Waals surface area (Å²) in [6.45, 7) is 2.98. The van der Waals surface area contributed by atoms with Crippen LogP contribution in [-0.2, 0) is 11.3 Å². The Labute approximate surface area is 184 Å². The quantitative estimate of drug-likeness (QED) is 0.319. The largest absolute Gasteiger partial charge is 0.492 e. The van der Waals surface area contributed by atoms with E-state index in [1.54, 1.807) is 6.08 Å². The lowest BCUT2D eigenvalue weighted by molar-refractivity contribution is -0.123. The van der Waals surface area contributed by atoms with Crippen LogP contribution in [0.25, 0.3) is 6.08 Å². The number of carbonyl (C=O) groups is 2. The third-order valence-electron chi connectivity index (χ3n) is 3.84. The molecule has 0 aliphatic carbocycles. The molecule has 1 saturated heterocycles. The lowest BCUT2D eigenvalue weighted by Crippen LogP contribution is -2.27. The number of thioether (sulfide) groups is 1. The van der Waals surface area contributed by atoms with Crippen LogP contribution in [0, 0.1) is 3.57 Å². The predicted molar refractivity (Wildman–Crippen MR) is 121 cm³/mol. The van der Waals surface area contributed by atoms with Gasteiger partial charge in [0.25, 0.3) is 11.1 Å². The number of hydrogen-bond acceptors (Lipinski definition) is 4. The average Bonchev–Trinajstić information content (AvgIpc) is 2.90. The Balaban J connectivity index is 1.75. The Morgan fingerprint density at radius 1 is 1.19 bits per heavy atom. The molecule has 7 heteroatoms. The maximum atomic E-state index is 12.7. The Kier molecular flexibility index (Phi) is 6.99. The van der Waals surface area contributed by atoms with Crippen molar-refractivity contribution in [1.29, 1.82) is 0 Å². The molecule has 0 atom stereocenters. The Bertz CT molecular complexity index is 899. The summed E-state index contributed by atoms with van der Waals surface area (Å²) >= 11 is 6.69. The molecule has 0 aromatic heterocycles. The molecular formula is C20H17BrINO3S. The molecular weight excluding hydrogens is 541 g/mol. The summed E-state index contributed by atoms with van der Waals surface area (Å²) in [4.78, 5) is 26.7. The fourth-order valence-electron chi connectivity index (χ4n) is 2.50. The summed E-state index contributed by atoms with van der Waals surface area (Å²) in [5, 5.41) is -0.244. The van der Waals surface area contributed by atoms with Crippen LogP contribution in [0.15, 0.2) is 51.8 Å². The van der Waals surface area contributed by atoms with Gasteiger partial charge < -0.3 is 4.74 Å². The standard InChI is InChI=1S/C20H17BrINO3S/c1-2-9-26-17-8-5-14(10-16(17)21)11-18-19(24)23(20(25)27-18)12-13-3-6-15(22)7-4-13/h3-8,10-11H,2,9,12H2,1H3/b18-11-. The molecule has 0 saturated carbocycles. The minimum absolute atomic E-state index is 0.244. The van der Waals surface area contributed by atoms with Crippen molar-refractivity contribution < 1.29 is 14.3 Å². The summed E-state index contributed by atoms with van der Waals surface area (Å²) in [6.07, 6.45) is 2.68. The molecule has 1 aliphatic rings. The number of ether oxygens (including phenoxy) is 1. The second-order valence-electron chi connectivity index (χ2n) is 5.93. The van der Waals surface area contributed by atoms with Crippen LogP contribution in [0.1, 0.15) is 24.5 Å². The fourth-order valence-corrected chi connectivity index (χ4v) is 4.20. The van der Waals surface area contributed by atoms with Crippen LogP contribution in [0.2, 0.25) is 0 Å². The van der Waals surface area contributed by atoms with Crippen molar-refractivity contribution >= 4 is 67.5 Å². The molecule has 0 bridgehead atoms. The van der Waals surface area contributed by atoms with Crippen LogP contribution >= 0.6 is 50.3 Å². The van der Waals surface area contributed by atoms with Crippen molar-refractivity contribution in [2.75, 3.05) is 6.61 Å². The van der Waals surface area contributed by atoms with Gasteiger partial charge in [0, 0.05) is 3.57 Å². The highest BCUT2D eigenvalue weighted by Crippen LogP contribution is 2.34. The minimum atomic E-state index is -0.258. The monoisotopic (exact) mass is 557 g/mol. The smallest absolute Gasteiger partial charge is 0.293 e. The SMILES string of the molecule is CCCOc1ccc(/C=C2\SC(=O)N(Cc3ccc(I)cc3)C2=O)cc1Br. The Morgan fingerprint density at radius 3 is 2.59 bits per heavy atom. The predicted octanol–water partition coefficient (Wildman–Crippen LogP) is 6.08. The number of rotatable bonds is 6. The zero-order valence-electron chi connectivity index (χ0n) is 14.6. The molecule has 0 unspecified atom stereocenters. The van der Waals surface area contributed by atoms with Gasteiger partial charge in [0.1, 0.15) is 5.75 Å². The molecule has 0 N–H and O–H groups in total. The normalized spacial score (nSPS) is 15.7. The first-order valence-corrected chi connectivity index (χ1v) is 11.1. The number of halogens is 2. The highest BCUT2D eigenvalue weighted by Gasteiger charge is 2.34. The second kappa shape index (κ2) is 9.25. The lowest BCUT2D eigenvalue weighted by Gasteiger charge is -2.12. The minimum Gasteiger partial charge on any atom is -0.492 e. The van der Waals surface area contributed by atoms with Crippen molar-refractivity contribution in [3.05, 3.63) is 66.5 Å². The number of imide groups is 1. The molecule has 3 rings (SSSR count). The average molecular weight is 558 g/mol. The van der Waals surface area contributed by atoms with E-state index in [1.807, 2.05) is 42.5 Å². The highest BCUT2D eigenvalue weighted by atomic mass is 127. The Hall–Kier alpha value is -1.32. The summed E-state index contributed by atoms with van der Waals surface area (Å²) in [5.74, 6) is 0.506. The zero-order chi connectivity index (χ0) is 19.4. The molecule has 4 nitrogen and oxygen atoms in total. The molecule has 27 heavy (non-hydrogen) atoms. The van der Waals surface area contributed by atoms with Crippen molar-refractivity contribution in [2.24, 2.45) is 0 Å². The van der Waals surface area contributed by atoms with Gasteiger partial charge >= 0.3 is 0 Å². The molecule has 1 heterocycles. The van der Waals surface area contributed by atoms with E-state index in [0.29, 0.717) is 11.5 Å². The van der Waals surface area contributed by atoms with Gasteiger partial charge in [-0.1, -0.05) is 25.1 Å². The van der Waals surface area contributed by atoms with E-state index in [9.17, 15) is 9.59 Å². The van der Waals surface area contributed by atoms with E-state index < -0.39 is 0 Å². The van der Waals surface area contributed by atoms with Gasteiger partial charge in [-0.05, 0) is 98.2 Å². The molecule has 0 spiro atoms. The van der Waals surface area contributed by atoms with Crippen LogP contribution in [0.4, 0.5) is 4.79 Å². The van der Waals surface area contributed by atoms with Gasteiger partial charge in [-0.15, -0.1) is 0 Å².